The van der Waals surface area contributed by atoms with E-state index >= 15 is 0 Å². The van der Waals surface area contributed by atoms with Crippen LogP contribution in [0, 0.1) is 0 Å². The van der Waals surface area contributed by atoms with Gasteiger partial charge in [-0.1, -0.05) is 0 Å². The lowest BCUT2D eigenvalue weighted by Crippen LogP contribution is -2.29. The number of carbonyl (C=O) groups is 1. The standard InChI is InChI=1S/C5H14N2O3S/c1-5(8)7-3-4-11(9,10)6-2/h6,9-10H,3-4H2,1-2H3,(H,7,8). The zero-order valence-electron chi connectivity index (χ0n) is 6.63. The van der Waals surface area contributed by atoms with E-state index in [4.69, 9.17) is 9.11 Å². The van der Waals surface area contributed by atoms with Gasteiger partial charge in [0.25, 0.3) is 0 Å². The van der Waals surface area contributed by atoms with E-state index in [0.29, 0.717) is 0 Å². The SMILES string of the molecule is CNS(O)(O)CCNC(C)=O. The molecular formula is C5H14N2O3S. The predicted molar refractivity (Wildman–Crippen MR) is 45.5 cm³/mol. The summed E-state index contributed by atoms with van der Waals surface area (Å²) in [5.74, 6) is -0.0281. The Morgan fingerprint density at radius 2 is 2.09 bits per heavy atom. The van der Waals surface area contributed by atoms with Crippen LogP contribution in [0.15, 0.2) is 0 Å². The van der Waals surface area contributed by atoms with Crippen molar-refractivity contribution < 1.29 is 13.9 Å². The fourth-order valence-electron chi connectivity index (χ4n) is 0.471. The van der Waals surface area contributed by atoms with Crippen LogP contribution in [-0.4, -0.2) is 34.4 Å². The monoisotopic (exact) mass is 182 g/mol. The second kappa shape index (κ2) is 4.55. The highest BCUT2D eigenvalue weighted by atomic mass is 32.3. The van der Waals surface area contributed by atoms with E-state index in [1.165, 1.54) is 14.0 Å². The summed E-state index contributed by atoms with van der Waals surface area (Å²) in [6, 6.07) is 0. The van der Waals surface area contributed by atoms with Crippen LogP contribution in [-0.2, 0) is 4.79 Å². The summed E-state index contributed by atoms with van der Waals surface area (Å²) in [7, 11) is -1.22. The Morgan fingerprint density at radius 3 is 2.45 bits per heavy atom. The van der Waals surface area contributed by atoms with Gasteiger partial charge in [0.2, 0.25) is 5.91 Å². The van der Waals surface area contributed by atoms with Gasteiger partial charge in [0, 0.05) is 20.5 Å². The lowest BCUT2D eigenvalue weighted by molar-refractivity contribution is -0.118. The number of hydrogen-bond acceptors (Lipinski definition) is 4. The van der Waals surface area contributed by atoms with Crippen molar-refractivity contribution in [3.05, 3.63) is 0 Å². The Kier molecular flexibility index (Phi) is 4.43. The van der Waals surface area contributed by atoms with Crippen molar-refractivity contribution in [3.63, 3.8) is 0 Å². The van der Waals surface area contributed by atoms with Crippen molar-refractivity contribution in [3.8, 4) is 0 Å². The number of hydrogen-bond donors (Lipinski definition) is 4. The minimum absolute atomic E-state index is 0.142. The van der Waals surface area contributed by atoms with Gasteiger partial charge in [-0.3, -0.25) is 13.9 Å². The van der Waals surface area contributed by atoms with Crippen LogP contribution in [0.1, 0.15) is 6.92 Å². The largest absolute Gasteiger partial charge is 0.355 e. The first-order valence-corrected chi connectivity index (χ1v) is 4.88. The van der Waals surface area contributed by atoms with E-state index in [1.807, 2.05) is 0 Å². The molecule has 0 radical (unpaired) electrons. The maximum atomic E-state index is 10.3. The van der Waals surface area contributed by atoms with Gasteiger partial charge in [-0.15, -0.1) is 10.8 Å². The number of carbonyl (C=O) groups excluding carboxylic acids is 1. The highest BCUT2D eigenvalue weighted by molar-refractivity contribution is 8.22. The van der Waals surface area contributed by atoms with Crippen LogP contribution in [0.2, 0.25) is 0 Å². The van der Waals surface area contributed by atoms with Crippen molar-refractivity contribution in [1.82, 2.24) is 10.0 Å². The predicted octanol–water partition coefficient (Wildman–Crippen LogP) is 0.00750. The van der Waals surface area contributed by atoms with Crippen molar-refractivity contribution in [2.45, 2.75) is 6.92 Å². The molecule has 0 rings (SSSR count). The van der Waals surface area contributed by atoms with E-state index in [0.717, 1.165) is 0 Å². The van der Waals surface area contributed by atoms with Gasteiger partial charge < -0.3 is 5.32 Å². The van der Waals surface area contributed by atoms with E-state index in [9.17, 15) is 4.79 Å². The van der Waals surface area contributed by atoms with Crippen molar-refractivity contribution >= 4 is 16.7 Å². The number of rotatable bonds is 4. The summed E-state index contributed by atoms with van der Waals surface area (Å²) in [4.78, 5) is 10.3. The lowest BCUT2D eigenvalue weighted by Gasteiger charge is -2.30. The first-order chi connectivity index (χ1) is 4.98. The second-order valence-corrected chi connectivity index (χ2v) is 4.21. The molecule has 11 heavy (non-hydrogen) atoms. The molecule has 0 aliphatic heterocycles. The summed E-state index contributed by atoms with van der Waals surface area (Å²) < 4.78 is 20.4. The van der Waals surface area contributed by atoms with Gasteiger partial charge in [0.05, 0.1) is 5.75 Å². The van der Waals surface area contributed by atoms with E-state index in [2.05, 4.69) is 10.0 Å². The average Bonchev–Trinajstić information content (AvgIpc) is 1.87. The molecular weight excluding hydrogens is 168 g/mol. The topological polar surface area (TPSA) is 81.6 Å². The fourth-order valence-corrected chi connectivity index (χ4v) is 1.06. The highest BCUT2D eigenvalue weighted by Gasteiger charge is 2.07. The first-order valence-electron chi connectivity index (χ1n) is 3.17. The van der Waals surface area contributed by atoms with Crippen LogP contribution in [0.25, 0.3) is 0 Å². The lowest BCUT2D eigenvalue weighted by atomic mass is 10.6. The van der Waals surface area contributed by atoms with Crippen LogP contribution in [0.3, 0.4) is 0 Å². The van der Waals surface area contributed by atoms with Crippen LogP contribution in [0.4, 0.5) is 0 Å². The molecule has 5 nitrogen and oxygen atoms in total. The maximum Gasteiger partial charge on any atom is 0.216 e. The summed E-state index contributed by atoms with van der Waals surface area (Å²) in [5, 5.41) is 2.46. The molecule has 0 atom stereocenters. The molecule has 0 aromatic rings. The molecule has 1 amide bonds. The molecule has 4 N–H and O–H groups in total. The molecule has 0 fully saturated rings. The third-order valence-electron chi connectivity index (χ3n) is 1.09. The third kappa shape index (κ3) is 6.11. The minimum Gasteiger partial charge on any atom is -0.355 e. The smallest absolute Gasteiger partial charge is 0.216 e. The number of nitrogens with one attached hydrogen (secondary N) is 2. The summed E-state index contributed by atoms with van der Waals surface area (Å²) in [5.41, 5.74) is 0. The Morgan fingerprint density at radius 1 is 1.55 bits per heavy atom. The molecule has 6 heteroatoms. The van der Waals surface area contributed by atoms with Crippen LogP contribution < -0.4 is 10.0 Å². The van der Waals surface area contributed by atoms with Crippen molar-refractivity contribution in [1.29, 1.82) is 0 Å². The van der Waals surface area contributed by atoms with Gasteiger partial charge >= 0.3 is 0 Å². The molecule has 0 saturated heterocycles. The molecule has 0 aromatic heterocycles. The van der Waals surface area contributed by atoms with E-state index < -0.39 is 10.8 Å². The fraction of sp³-hybridized carbons (Fsp3) is 0.800. The molecule has 0 spiro atoms. The van der Waals surface area contributed by atoms with E-state index in [1.54, 1.807) is 0 Å². The zero-order valence-corrected chi connectivity index (χ0v) is 7.44. The molecule has 0 unspecified atom stereocenters. The minimum atomic E-state index is -2.68. The highest BCUT2D eigenvalue weighted by Crippen LogP contribution is 2.30. The van der Waals surface area contributed by atoms with Gasteiger partial charge in [0.1, 0.15) is 0 Å². The maximum absolute atomic E-state index is 10.3. The Labute approximate surface area is 67.7 Å². The van der Waals surface area contributed by atoms with Gasteiger partial charge in [-0.25, -0.2) is 4.72 Å². The molecule has 68 valence electrons. The summed E-state index contributed by atoms with van der Waals surface area (Å²) in [6.45, 7) is 1.66. The van der Waals surface area contributed by atoms with Gasteiger partial charge in [0.15, 0.2) is 0 Å². The molecule has 0 heterocycles. The Balaban J connectivity index is 3.45. The normalized spacial score (nSPS) is 12.7. The molecule has 0 aliphatic rings. The average molecular weight is 182 g/mol. The molecule has 0 aliphatic carbocycles. The summed E-state index contributed by atoms with van der Waals surface area (Å²) in [6.07, 6.45) is 0. The molecule has 0 aromatic carbocycles. The van der Waals surface area contributed by atoms with Gasteiger partial charge in [-0.05, 0) is 0 Å². The van der Waals surface area contributed by atoms with Crippen LogP contribution >= 0.6 is 10.8 Å². The Bertz CT molecular complexity index is 140. The number of amides is 1. The third-order valence-corrected chi connectivity index (χ3v) is 2.51. The van der Waals surface area contributed by atoms with Crippen LogP contribution in [0.5, 0.6) is 0 Å². The first kappa shape index (κ1) is 10.7. The zero-order chi connectivity index (χ0) is 8.91. The van der Waals surface area contributed by atoms with Gasteiger partial charge in [-0.2, -0.15) is 0 Å². The summed E-state index contributed by atoms with van der Waals surface area (Å²) >= 11 is 0. The van der Waals surface area contributed by atoms with Crippen molar-refractivity contribution in [2.24, 2.45) is 0 Å². The molecule has 0 saturated carbocycles. The Hall–Kier alpha value is -0.300. The van der Waals surface area contributed by atoms with Crippen molar-refractivity contribution in [2.75, 3.05) is 19.3 Å². The molecule has 0 bridgehead atoms. The second-order valence-electron chi connectivity index (χ2n) is 2.06. The van der Waals surface area contributed by atoms with E-state index in [-0.39, 0.29) is 18.2 Å². The quantitative estimate of drug-likeness (QED) is 0.493.